The molecule has 0 aliphatic heterocycles. The van der Waals surface area contributed by atoms with Crippen LogP contribution in [0.25, 0.3) is 11.1 Å². The zero-order chi connectivity index (χ0) is 15.3. The molecule has 2 aliphatic rings. The number of amides is 1. The summed E-state index contributed by atoms with van der Waals surface area (Å²) in [6, 6.07) is 7.38. The molecule has 0 bridgehead atoms. The predicted molar refractivity (Wildman–Crippen MR) is 82.4 cm³/mol. The van der Waals surface area contributed by atoms with E-state index in [2.05, 4.69) is 0 Å². The van der Waals surface area contributed by atoms with Crippen LogP contribution < -0.4 is 5.76 Å². The van der Waals surface area contributed by atoms with Gasteiger partial charge in [0.1, 0.15) is 0 Å². The van der Waals surface area contributed by atoms with E-state index in [-0.39, 0.29) is 17.6 Å². The van der Waals surface area contributed by atoms with Crippen LogP contribution in [0.5, 0.6) is 0 Å². The summed E-state index contributed by atoms with van der Waals surface area (Å²) in [4.78, 5) is 26.1. The first-order chi connectivity index (χ1) is 10.7. The molecule has 0 unspecified atom stereocenters. The average Bonchev–Trinajstić information content (AvgIpc) is 2.86. The lowest BCUT2D eigenvalue weighted by Gasteiger charge is -2.18. The second kappa shape index (κ2) is 5.00. The quantitative estimate of drug-likeness (QED) is 0.869. The number of para-hydroxylation sites is 2. The van der Waals surface area contributed by atoms with Crippen LogP contribution in [0.15, 0.2) is 33.5 Å². The van der Waals surface area contributed by atoms with Crippen LogP contribution in [0.1, 0.15) is 19.3 Å². The predicted octanol–water partition coefficient (Wildman–Crippen LogP) is 2.10. The van der Waals surface area contributed by atoms with Gasteiger partial charge in [0.25, 0.3) is 0 Å². The minimum atomic E-state index is -0.356. The van der Waals surface area contributed by atoms with E-state index in [1.807, 2.05) is 25.2 Å². The van der Waals surface area contributed by atoms with Crippen LogP contribution >= 0.6 is 0 Å². The van der Waals surface area contributed by atoms with Crippen LogP contribution in [0.2, 0.25) is 0 Å². The Labute approximate surface area is 128 Å². The second-order valence-electron chi connectivity index (χ2n) is 6.53. The summed E-state index contributed by atoms with van der Waals surface area (Å²) in [7, 11) is 1.84. The minimum Gasteiger partial charge on any atom is -0.408 e. The third-order valence-corrected chi connectivity index (χ3v) is 5.30. The molecule has 1 amide bonds. The van der Waals surface area contributed by atoms with Crippen molar-refractivity contribution in [1.82, 2.24) is 9.47 Å². The topological polar surface area (TPSA) is 55.5 Å². The van der Waals surface area contributed by atoms with E-state index in [0.717, 1.165) is 5.52 Å². The first-order valence-corrected chi connectivity index (χ1v) is 8.00. The van der Waals surface area contributed by atoms with Crippen LogP contribution in [0.4, 0.5) is 0 Å². The van der Waals surface area contributed by atoms with E-state index in [1.54, 1.807) is 15.5 Å². The molecular weight excluding hydrogens is 280 g/mol. The summed E-state index contributed by atoms with van der Waals surface area (Å²) in [6.07, 6.45) is 3.70. The number of hydrogen-bond acceptors (Lipinski definition) is 3. The van der Waals surface area contributed by atoms with Crippen molar-refractivity contribution < 1.29 is 9.21 Å². The van der Waals surface area contributed by atoms with Crippen LogP contribution in [-0.2, 0) is 11.3 Å². The normalized spacial score (nSPS) is 26.1. The number of fused-ring (bicyclic) bond motifs is 2. The molecule has 1 aromatic heterocycles. The van der Waals surface area contributed by atoms with Gasteiger partial charge in [0, 0.05) is 26.1 Å². The third-order valence-electron chi connectivity index (χ3n) is 5.30. The van der Waals surface area contributed by atoms with E-state index in [4.69, 9.17) is 4.42 Å². The smallest absolute Gasteiger partial charge is 0.408 e. The maximum atomic E-state index is 12.4. The number of oxazole rings is 1. The Morgan fingerprint density at radius 1 is 1.32 bits per heavy atom. The number of aromatic nitrogens is 1. The summed E-state index contributed by atoms with van der Waals surface area (Å²) >= 11 is 0. The summed E-state index contributed by atoms with van der Waals surface area (Å²) in [5.74, 6) is 1.40. The van der Waals surface area contributed by atoms with E-state index in [9.17, 15) is 9.59 Å². The van der Waals surface area contributed by atoms with Gasteiger partial charge >= 0.3 is 5.76 Å². The number of hydrogen-bond donors (Lipinski definition) is 0. The molecule has 22 heavy (non-hydrogen) atoms. The number of rotatable bonds is 4. The van der Waals surface area contributed by atoms with Gasteiger partial charge in [0.05, 0.1) is 5.52 Å². The number of nitrogens with zero attached hydrogens (tertiary/aromatic N) is 2. The van der Waals surface area contributed by atoms with Gasteiger partial charge in [-0.3, -0.25) is 9.36 Å². The molecular formula is C17H20N2O3. The molecule has 116 valence electrons. The Balaban J connectivity index is 1.44. The lowest BCUT2D eigenvalue weighted by atomic mass is 10.1. The molecule has 4 rings (SSSR count). The van der Waals surface area contributed by atoms with E-state index in [1.165, 1.54) is 19.3 Å². The molecule has 2 aromatic rings. The summed E-state index contributed by atoms with van der Waals surface area (Å²) < 4.78 is 6.82. The highest BCUT2D eigenvalue weighted by molar-refractivity contribution is 5.82. The van der Waals surface area contributed by atoms with Gasteiger partial charge in [0.2, 0.25) is 5.91 Å². The Kier molecular flexibility index (Phi) is 3.10. The van der Waals surface area contributed by atoms with Gasteiger partial charge < -0.3 is 9.32 Å². The Hall–Kier alpha value is -2.04. The summed E-state index contributed by atoms with van der Waals surface area (Å²) in [5.41, 5.74) is 1.38. The van der Waals surface area contributed by atoms with Crippen molar-refractivity contribution in [2.45, 2.75) is 25.8 Å². The maximum absolute atomic E-state index is 12.4. The largest absolute Gasteiger partial charge is 0.420 e. The number of carbonyl (C=O) groups excluding carboxylic acids is 1. The number of likely N-dealkylation sites (N-methyl/N-ethyl adjacent to an activating group) is 1. The van der Waals surface area contributed by atoms with E-state index >= 15 is 0 Å². The Bertz CT molecular complexity index is 766. The van der Waals surface area contributed by atoms with E-state index < -0.39 is 0 Å². The van der Waals surface area contributed by atoms with Crippen LogP contribution in [-0.4, -0.2) is 29.0 Å². The third kappa shape index (κ3) is 2.07. The molecule has 1 heterocycles. The number of benzene rings is 1. The fourth-order valence-electron chi connectivity index (χ4n) is 4.03. The van der Waals surface area contributed by atoms with Crippen molar-refractivity contribution in [1.29, 1.82) is 0 Å². The number of carbonyl (C=O) groups is 1. The first kappa shape index (κ1) is 13.6. The molecule has 2 fully saturated rings. The van der Waals surface area contributed by atoms with Gasteiger partial charge in [-0.1, -0.05) is 18.6 Å². The van der Waals surface area contributed by atoms with E-state index in [0.29, 0.717) is 30.5 Å². The van der Waals surface area contributed by atoms with Crippen molar-refractivity contribution in [2.75, 3.05) is 13.6 Å². The highest BCUT2D eigenvalue weighted by Gasteiger charge is 2.57. The highest BCUT2D eigenvalue weighted by Crippen LogP contribution is 2.57. The molecule has 2 saturated carbocycles. The standard InChI is InChI=1S/C17H20N2O3/c1-18(16(20)15-11-5-4-6-12(11)15)9-10-19-13-7-2-3-8-14(13)22-17(19)21/h2-3,7-8,11-12,15H,4-6,9-10H2,1H3/t11-,12-/m1/s1. The molecule has 0 N–H and O–H groups in total. The van der Waals surface area contributed by atoms with Gasteiger partial charge in [-0.15, -0.1) is 0 Å². The van der Waals surface area contributed by atoms with Crippen molar-refractivity contribution >= 4 is 17.0 Å². The molecule has 0 spiro atoms. The zero-order valence-electron chi connectivity index (χ0n) is 12.7. The summed E-state index contributed by atoms with van der Waals surface area (Å²) in [6.45, 7) is 1.01. The summed E-state index contributed by atoms with van der Waals surface area (Å²) in [5, 5.41) is 0. The van der Waals surface area contributed by atoms with Crippen molar-refractivity contribution in [3.63, 3.8) is 0 Å². The average molecular weight is 300 g/mol. The van der Waals surface area contributed by atoms with Crippen LogP contribution in [0, 0.1) is 17.8 Å². The molecule has 0 radical (unpaired) electrons. The fraction of sp³-hybridized carbons (Fsp3) is 0.529. The van der Waals surface area contributed by atoms with Crippen molar-refractivity contribution in [3.05, 3.63) is 34.8 Å². The lowest BCUT2D eigenvalue weighted by molar-refractivity contribution is -0.132. The van der Waals surface area contributed by atoms with Gasteiger partial charge in [-0.25, -0.2) is 4.79 Å². The Morgan fingerprint density at radius 3 is 2.82 bits per heavy atom. The second-order valence-corrected chi connectivity index (χ2v) is 6.53. The molecule has 5 nitrogen and oxygen atoms in total. The lowest BCUT2D eigenvalue weighted by Crippen LogP contribution is -2.33. The molecule has 5 heteroatoms. The molecule has 2 atom stereocenters. The van der Waals surface area contributed by atoms with Crippen LogP contribution in [0.3, 0.4) is 0 Å². The Morgan fingerprint density at radius 2 is 2.05 bits per heavy atom. The monoisotopic (exact) mass is 300 g/mol. The SMILES string of the molecule is CN(CCn1c(=O)oc2ccccc21)C(=O)C1[C@@H]2CCC[C@@H]12. The molecule has 0 saturated heterocycles. The fourth-order valence-corrected chi connectivity index (χ4v) is 4.03. The van der Waals surface area contributed by atoms with Gasteiger partial charge in [-0.2, -0.15) is 0 Å². The zero-order valence-corrected chi connectivity index (χ0v) is 12.7. The first-order valence-electron chi connectivity index (χ1n) is 8.00. The van der Waals surface area contributed by atoms with Gasteiger partial charge in [0.15, 0.2) is 5.58 Å². The molecule has 2 aliphatic carbocycles. The molecule has 1 aromatic carbocycles. The van der Waals surface area contributed by atoms with Gasteiger partial charge in [-0.05, 0) is 36.8 Å². The minimum absolute atomic E-state index is 0.246. The maximum Gasteiger partial charge on any atom is 0.420 e. The van der Waals surface area contributed by atoms with Crippen molar-refractivity contribution in [2.24, 2.45) is 17.8 Å². The highest BCUT2D eigenvalue weighted by atomic mass is 16.4. The van der Waals surface area contributed by atoms with Crippen molar-refractivity contribution in [3.8, 4) is 0 Å².